The molecular formula is C23H27N3O4S2. The van der Waals surface area contributed by atoms with Crippen LogP contribution < -0.4 is 10.2 Å². The standard InChI is InChI=1S/C23H27N3O4S2/c1-4-6-12-26(5-2)23(28)20-15-24-21-11-10-18(14-19(21)22(20)27)32(29,30)25-16-8-7-9-17(13-16)31-3/h7-11,13-15,25H,4-6,12H2,1-3H3,(H,24,27). The second-order valence-electron chi connectivity index (χ2n) is 7.31. The summed E-state index contributed by atoms with van der Waals surface area (Å²) in [5.41, 5.74) is 0.418. The Balaban J connectivity index is 1.99. The van der Waals surface area contributed by atoms with E-state index in [1.165, 1.54) is 36.2 Å². The molecule has 170 valence electrons. The lowest BCUT2D eigenvalue weighted by Gasteiger charge is -2.20. The van der Waals surface area contributed by atoms with Crippen LogP contribution in [-0.4, -0.2) is 43.6 Å². The Labute approximate surface area is 192 Å². The number of fused-ring (bicyclic) bond motifs is 1. The lowest BCUT2D eigenvalue weighted by molar-refractivity contribution is 0.0761. The van der Waals surface area contributed by atoms with Crippen LogP contribution in [0.3, 0.4) is 0 Å². The number of aromatic amines is 1. The minimum absolute atomic E-state index is 0.00521. The van der Waals surface area contributed by atoms with Crippen molar-refractivity contribution < 1.29 is 13.2 Å². The van der Waals surface area contributed by atoms with E-state index in [1.54, 1.807) is 23.1 Å². The molecule has 0 aliphatic heterocycles. The molecular weight excluding hydrogens is 446 g/mol. The number of nitrogens with zero attached hydrogens (tertiary/aromatic N) is 1. The summed E-state index contributed by atoms with van der Waals surface area (Å²) in [5, 5.41) is 0.156. The highest BCUT2D eigenvalue weighted by Crippen LogP contribution is 2.23. The second-order valence-corrected chi connectivity index (χ2v) is 9.88. The molecule has 0 spiro atoms. The first-order chi connectivity index (χ1) is 15.3. The Morgan fingerprint density at radius 3 is 2.62 bits per heavy atom. The van der Waals surface area contributed by atoms with Crippen LogP contribution in [0.1, 0.15) is 37.0 Å². The molecule has 7 nitrogen and oxygen atoms in total. The van der Waals surface area contributed by atoms with E-state index in [4.69, 9.17) is 0 Å². The number of thioether (sulfide) groups is 1. The van der Waals surface area contributed by atoms with Gasteiger partial charge in [0.25, 0.3) is 15.9 Å². The van der Waals surface area contributed by atoms with Gasteiger partial charge in [0.15, 0.2) is 0 Å². The quantitative estimate of drug-likeness (QED) is 0.451. The molecule has 32 heavy (non-hydrogen) atoms. The largest absolute Gasteiger partial charge is 0.360 e. The molecule has 0 unspecified atom stereocenters. The second kappa shape index (κ2) is 10.2. The summed E-state index contributed by atoms with van der Waals surface area (Å²) in [4.78, 5) is 31.5. The normalized spacial score (nSPS) is 11.5. The molecule has 0 aliphatic rings. The van der Waals surface area contributed by atoms with Crippen molar-refractivity contribution in [2.24, 2.45) is 0 Å². The third-order valence-electron chi connectivity index (χ3n) is 5.17. The lowest BCUT2D eigenvalue weighted by atomic mass is 10.1. The molecule has 0 bridgehead atoms. The van der Waals surface area contributed by atoms with Gasteiger partial charge in [-0.1, -0.05) is 19.4 Å². The van der Waals surface area contributed by atoms with Crippen molar-refractivity contribution in [2.75, 3.05) is 24.1 Å². The van der Waals surface area contributed by atoms with Crippen LogP contribution in [0.4, 0.5) is 5.69 Å². The number of H-pyrrole nitrogens is 1. The fraction of sp³-hybridized carbons (Fsp3) is 0.304. The van der Waals surface area contributed by atoms with E-state index in [1.807, 2.05) is 26.2 Å². The summed E-state index contributed by atoms with van der Waals surface area (Å²) < 4.78 is 28.4. The third-order valence-corrected chi connectivity index (χ3v) is 7.27. The zero-order valence-electron chi connectivity index (χ0n) is 18.3. The SMILES string of the molecule is CCCCN(CC)C(=O)c1c[nH]c2ccc(S(=O)(=O)Nc3cccc(SC)c3)cc2c1=O. The zero-order chi connectivity index (χ0) is 23.3. The average molecular weight is 474 g/mol. The molecule has 2 aromatic carbocycles. The maximum atomic E-state index is 13.1. The number of hydrogen-bond donors (Lipinski definition) is 2. The minimum Gasteiger partial charge on any atom is -0.360 e. The van der Waals surface area contributed by atoms with Crippen LogP contribution in [-0.2, 0) is 10.0 Å². The number of amides is 1. The molecule has 0 saturated carbocycles. The molecule has 3 rings (SSSR count). The van der Waals surface area contributed by atoms with Crippen LogP contribution in [0.25, 0.3) is 10.9 Å². The number of carbonyl (C=O) groups excluding carboxylic acids is 1. The highest BCUT2D eigenvalue weighted by atomic mass is 32.2. The van der Waals surface area contributed by atoms with Crippen LogP contribution in [0.15, 0.2) is 63.2 Å². The van der Waals surface area contributed by atoms with Gasteiger partial charge in [0.2, 0.25) is 5.43 Å². The fourth-order valence-corrected chi connectivity index (χ4v) is 4.88. The Bertz CT molecular complexity index is 1290. The van der Waals surface area contributed by atoms with Gasteiger partial charge in [-0.15, -0.1) is 11.8 Å². The number of pyridine rings is 1. The number of sulfonamides is 1. The van der Waals surface area contributed by atoms with E-state index in [0.29, 0.717) is 24.3 Å². The molecule has 0 aliphatic carbocycles. The number of rotatable bonds is 9. The number of benzene rings is 2. The van der Waals surface area contributed by atoms with E-state index < -0.39 is 15.5 Å². The summed E-state index contributed by atoms with van der Waals surface area (Å²) in [6.07, 6.45) is 5.09. The predicted molar refractivity (Wildman–Crippen MR) is 130 cm³/mol. The molecule has 0 fully saturated rings. The summed E-state index contributed by atoms with van der Waals surface area (Å²) >= 11 is 1.51. The van der Waals surface area contributed by atoms with E-state index in [-0.39, 0.29) is 21.8 Å². The molecule has 0 radical (unpaired) electrons. The maximum absolute atomic E-state index is 13.1. The zero-order valence-corrected chi connectivity index (χ0v) is 20.0. The van der Waals surface area contributed by atoms with Crippen molar-refractivity contribution in [2.45, 2.75) is 36.5 Å². The summed E-state index contributed by atoms with van der Waals surface area (Å²) in [6.45, 7) is 4.96. The van der Waals surface area contributed by atoms with E-state index in [2.05, 4.69) is 9.71 Å². The Kier molecular flexibility index (Phi) is 7.63. The number of aromatic nitrogens is 1. The minimum atomic E-state index is -3.92. The molecule has 0 saturated heterocycles. The average Bonchev–Trinajstić information content (AvgIpc) is 2.79. The number of unbranched alkanes of at least 4 members (excludes halogenated alkanes) is 1. The van der Waals surface area contributed by atoms with Gasteiger partial charge in [-0.3, -0.25) is 14.3 Å². The Hall–Kier alpha value is -2.78. The first-order valence-corrected chi connectivity index (χ1v) is 13.1. The summed E-state index contributed by atoms with van der Waals surface area (Å²) in [6, 6.07) is 11.3. The van der Waals surface area contributed by atoms with Crippen molar-refractivity contribution >= 4 is 44.3 Å². The molecule has 0 atom stereocenters. The smallest absolute Gasteiger partial charge is 0.261 e. The van der Waals surface area contributed by atoms with Crippen LogP contribution in [0, 0.1) is 0 Å². The number of anilines is 1. The number of nitrogens with one attached hydrogen (secondary N) is 2. The monoisotopic (exact) mass is 473 g/mol. The highest BCUT2D eigenvalue weighted by molar-refractivity contribution is 7.98. The molecule has 2 N–H and O–H groups in total. The molecule has 9 heteroatoms. The van der Waals surface area contributed by atoms with E-state index in [9.17, 15) is 18.0 Å². The van der Waals surface area contributed by atoms with Crippen molar-refractivity contribution in [1.82, 2.24) is 9.88 Å². The first kappa shape index (κ1) is 23.9. The summed E-state index contributed by atoms with van der Waals surface area (Å²) in [5.74, 6) is -0.357. The van der Waals surface area contributed by atoms with Gasteiger partial charge in [0, 0.05) is 40.8 Å². The predicted octanol–water partition coefficient (Wildman–Crippen LogP) is 4.31. The van der Waals surface area contributed by atoms with Gasteiger partial charge < -0.3 is 9.88 Å². The van der Waals surface area contributed by atoms with Crippen molar-refractivity contribution in [3.63, 3.8) is 0 Å². The first-order valence-electron chi connectivity index (χ1n) is 10.4. The Morgan fingerprint density at radius 1 is 1.16 bits per heavy atom. The lowest BCUT2D eigenvalue weighted by Crippen LogP contribution is -2.35. The fourth-order valence-electron chi connectivity index (χ4n) is 3.35. The van der Waals surface area contributed by atoms with Gasteiger partial charge in [-0.05, 0) is 56.0 Å². The van der Waals surface area contributed by atoms with Gasteiger partial charge >= 0.3 is 0 Å². The van der Waals surface area contributed by atoms with Crippen LogP contribution >= 0.6 is 11.8 Å². The number of hydrogen-bond acceptors (Lipinski definition) is 5. The third kappa shape index (κ3) is 5.16. The molecule has 3 aromatic rings. The van der Waals surface area contributed by atoms with E-state index >= 15 is 0 Å². The Morgan fingerprint density at radius 2 is 1.94 bits per heavy atom. The van der Waals surface area contributed by atoms with Gasteiger partial charge in [-0.25, -0.2) is 8.42 Å². The van der Waals surface area contributed by atoms with Gasteiger partial charge in [0.1, 0.15) is 5.56 Å². The van der Waals surface area contributed by atoms with Crippen molar-refractivity contribution in [3.05, 3.63) is 64.4 Å². The van der Waals surface area contributed by atoms with Gasteiger partial charge in [0.05, 0.1) is 4.90 Å². The summed E-state index contributed by atoms with van der Waals surface area (Å²) in [7, 11) is -3.92. The van der Waals surface area contributed by atoms with Crippen LogP contribution in [0.2, 0.25) is 0 Å². The van der Waals surface area contributed by atoms with Gasteiger partial charge in [-0.2, -0.15) is 0 Å². The topological polar surface area (TPSA) is 99.3 Å². The van der Waals surface area contributed by atoms with Crippen molar-refractivity contribution in [3.8, 4) is 0 Å². The number of carbonyl (C=O) groups is 1. The van der Waals surface area contributed by atoms with Crippen molar-refractivity contribution in [1.29, 1.82) is 0 Å². The van der Waals surface area contributed by atoms with E-state index in [0.717, 1.165) is 17.7 Å². The molecule has 1 amide bonds. The van der Waals surface area contributed by atoms with Crippen LogP contribution in [0.5, 0.6) is 0 Å². The molecule has 1 aromatic heterocycles. The highest BCUT2D eigenvalue weighted by Gasteiger charge is 2.21. The molecule has 1 heterocycles. The maximum Gasteiger partial charge on any atom is 0.261 e.